The van der Waals surface area contributed by atoms with Gasteiger partial charge in [-0.3, -0.25) is 4.79 Å². The SMILES string of the molecule is C=CCO[C@H]1C[C@](OCc2ccccc2C#N)(C(=O)NCC)C[C@@H](O)[C@H]1O. The second-order valence-electron chi connectivity index (χ2n) is 6.54. The van der Waals surface area contributed by atoms with Crippen molar-refractivity contribution in [2.75, 3.05) is 13.2 Å². The number of nitriles is 1. The monoisotopic (exact) mass is 374 g/mol. The number of likely N-dealkylation sites (N-methyl/N-ethyl adjacent to an activating group) is 1. The van der Waals surface area contributed by atoms with Gasteiger partial charge in [-0.15, -0.1) is 6.58 Å². The molecule has 0 aliphatic heterocycles. The van der Waals surface area contributed by atoms with Gasteiger partial charge in [0, 0.05) is 19.4 Å². The largest absolute Gasteiger partial charge is 0.390 e. The Morgan fingerprint density at radius 1 is 1.44 bits per heavy atom. The molecule has 2 rings (SSSR count). The molecule has 7 heteroatoms. The Morgan fingerprint density at radius 3 is 2.85 bits per heavy atom. The van der Waals surface area contributed by atoms with E-state index in [2.05, 4.69) is 18.0 Å². The predicted molar refractivity (Wildman–Crippen MR) is 98.5 cm³/mol. The second kappa shape index (κ2) is 9.62. The van der Waals surface area contributed by atoms with E-state index in [-0.39, 0.29) is 32.0 Å². The lowest BCUT2D eigenvalue weighted by molar-refractivity contribution is -0.196. The van der Waals surface area contributed by atoms with Crippen LogP contribution in [0, 0.1) is 11.3 Å². The van der Waals surface area contributed by atoms with Crippen molar-refractivity contribution in [2.45, 2.75) is 50.3 Å². The predicted octanol–water partition coefficient (Wildman–Crippen LogP) is 1.04. The minimum absolute atomic E-state index is 0.0257. The topological polar surface area (TPSA) is 112 Å². The van der Waals surface area contributed by atoms with Gasteiger partial charge in [-0.05, 0) is 18.6 Å². The zero-order valence-corrected chi connectivity index (χ0v) is 15.4. The minimum atomic E-state index is -1.37. The van der Waals surface area contributed by atoms with E-state index < -0.39 is 23.9 Å². The van der Waals surface area contributed by atoms with Gasteiger partial charge in [-0.1, -0.05) is 24.3 Å². The Bertz CT molecular complexity index is 702. The van der Waals surface area contributed by atoms with Gasteiger partial charge in [0.25, 0.3) is 5.91 Å². The summed E-state index contributed by atoms with van der Waals surface area (Å²) in [6, 6.07) is 9.06. The Morgan fingerprint density at radius 2 is 2.19 bits per heavy atom. The Balaban J connectivity index is 2.27. The third-order valence-corrected chi connectivity index (χ3v) is 4.67. The summed E-state index contributed by atoms with van der Waals surface area (Å²) >= 11 is 0. The summed E-state index contributed by atoms with van der Waals surface area (Å²) in [5.41, 5.74) is -0.268. The highest BCUT2D eigenvalue weighted by Crippen LogP contribution is 2.35. The van der Waals surface area contributed by atoms with E-state index in [1.54, 1.807) is 31.2 Å². The molecular formula is C20H26N2O5. The summed E-state index contributed by atoms with van der Waals surface area (Å²) in [5, 5.41) is 32.5. The molecule has 0 radical (unpaired) electrons. The molecule has 0 aromatic heterocycles. The lowest BCUT2D eigenvalue weighted by Crippen LogP contribution is -2.60. The molecule has 1 aromatic rings. The number of carbonyl (C=O) groups is 1. The Labute approximate surface area is 159 Å². The van der Waals surface area contributed by atoms with Gasteiger partial charge in [-0.25, -0.2) is 0 Å². The van der Waals surface area contributed by atoms with Gasteiger partial charge in [0.1, 0.15) is 6.10 Å². The number of benzene rings is 1. The van der Waals surface area contributed by atoms with E-state index in [0.29, 0.717) is 17.7 Å². The molecule has 1 aliphatic rings. The fourth-order valence-corrected chi connectivity index (χ4v) is 3.25. The second-order valence-corrected chi connectivity index (χ2v) is 6.54. The highest BCUT2D eigenvalue weighted by Gasteiger charge is 2.51. The Kier molecular flexibility index (Phi) is 7.51. The standard InChI is InChI=1S/C20H26N2O5/c1-3-9-26-17-11-20(19(25)22-4-2,10-16(23)18(17)24)27-13-15-8-6-5-7-14(15)12-21/h3,5-8,16-18,23-24H,1,4,9-11,13H2,2H3,(H,22,25)/t16-,17+,18-,20+/m1/s1. The normalized spacial score (nSPS) is 27.6. The lowest BCUT2D eigenvalue weighted by atomic mass is 9.78. The maximum absolute atomic E-state index is 12.8. The van der Waals surface area contributed by atoms with Crippen molar-refractivity contribution < 1.29 is 24.5 Å². The molecule has 0 spiro atoms. The van der Waals surface area contributed by atoms with Crippen molar-refractivity contribution in [2.24, 2.45) is 0 Å². The molecule has 146 valence electrons. The maximum Gasteiger partial charge on any atom is 0.252 e. The number of nitrogens with zero attached hydrogens (tertiary/aromatic N) is 1. The molecule has 1 aliphatic carbocycles. The number of carbonyl (C=O) groups excluding carboxylic acids is 1. The van der Waals surface area contributed by atoms with Gasteiger partial charge >= 0.3 is 0 Å². The zero-order valence-electron chi connectivity index (χ0n) is 15.4. The number of hydrogen-bond acceptors (Lipinski definition) is 6. The number of aliphatic hydroxyl groups is 2. The molecule has 3 N–H and O–H groups in total. The van der Waals surface area contributed by atoms with E-state index in [9.17, 15) is 20.3 Å². The number of rotatable bonds is 8. The summed E-state index contributed by atoms with van der Waals surface area (Å²) in [5.74, 6) is -0.377. The first-order valence-electron chi connectivity index (χ1n) is 8.96. The van der Waals surface area contributed by atoms with Crippen LogP contribution in [-0.2, 0) is 20.9 Å². The molecule has 4 atom stereocenters. The highest BCUT2D eigenvalue weighted by molar-refractivity contribution is 5.85. The minimum Gasteiger partial charge on any atom is -0.390 e. The fourth-order valence-electron chi connectivity index (χ4n) is 3.25. The van der Waals surface area contributed by atoms with Gasteiger partial charge in [0.15, 0.2) is 5.60 Å². The van der Waals surface area contributed by atoms with Crippen LogP contribution in [0.25, 0.3) is 0 Å². The molecule has 27 heavy (non-hydrogen) atoms. The van der Waals surface area contributed by atoms with Crippen molar-refractivity contribution in [3.05, 3.63) is 48.0 Å². The molecule has 1 aromatic carbocycles. The van der Waals surface area contributed by atoms with E-state index in [0.717, 1.165) is 0 Å². The smallest absolute Gasteiger partial charge is 0.252 e. The molecule has 0 unspecified atom stereocenters. The van der Waals surface area contributed by atoms with Crippen LogP contribution in [-0.4, -0.2) is 53.2 Å². The van der Waals surface area contributed by atoms with Crippen LogP contribution in [0.4, 0.5) is 0 Å². The first-order chi connectivity index (χ1) is 13.0. The third-order valence-electron chi connectivity index (χ3n) is 4.67. The third kappa shape index (κ3) is 4.93. The molecule has 1 amide bonds. The highest BCUT2D eigenvalue weighted by atomic mass is 16.5. The van der Waals surface area contributed by atoms with Crippen molar-refractivity contribution in [1.82, 2.24) is 5.32 Å². The van der Waals surface area contributed by atoms with Crippen molar-refractivity contribution >= 4 is 5.91 Å². The molecular weight excluding hydrogens is 348 g/mol. The van der Waals surface area contributed by atoms with Gasteiger partial charge in [0.2, 0.25) is 0 Å². The molecule has 1 saturated carbocycles. The van der Waals surface area contributed by atoms with Crippen molar-refractivity contribution in [3.63, 3.8) is 0 Å². The number of ether oxygens (including phenoxy) is 2. The summed E-state index contributed by atoms with van der Waals surface area (Å²) in [6.45, 7) is 5.96. The molecule has 1 fully saturated rings. The van der Waals surface area contributed by atoms with E-state index >= 15 is 0 Å². The van der Waals surface area contributed by atoms with Crippen LogP contribution in [0.2, 0.25) is 0 Å². The molecule has 7 nitrogen and oxygen atoms in total. The quantitative estimate of drug-likeness (QED) is 0.586. The number of aliphatic hydroxyl groups excluding tert-OH is 2. The van der Waals surface area contributed by atoms with Crippen LogP contribution < -0.4 is 5.32 Å². The molecule has 0 bridgehead atoms. The lowest BCUT2D eigenvalue weighted by Gasteiger charge is -2.43. The summed E-state index contributed by atoms with van der Waals surface area (Å²) in [7, 11) is 0. The average Bonchev–Trinajstić information content (AvgIpc) is 2.68. The first-order valence-corrected chi connectivity index (χ1v) is 8.96. The van der Waals surface area contributed by atoms with Crippen LogP contribution in [0.15, 0.2) is 36.9 Å². The van der Waals surface area contributed by atoms with Crippen LogP contribution in [0.5, 0.6) is 0 Å². The van der Waals surface area contributed by atoms with Gasteiger partial charge in [0.05, 0.1) is 37.1 Å². The fraction of sp³-hybridized carbons (Fsp3) is 0.500. The summed E-state index contributed by atoms with van der Waals surface area (Å²) in [4.78, 5) is 12.8. The number of hydrogen-bond donors (Lipinski definition) is 3. The van der Waals surface area contributed by atoms with Crippen LogP contribution in [0.3, 0.4) is 0 Å². The van der Waals surface area contributed by atoms with Gasteiger partial charge < -0.3 is 25.0 Å². The van der Waals surface area contributed by atoms with Crippen LogP contribution in [0.1, 0.15) is 30.9 Å². The maximum atomic E-state index is 12.8. The average molecular weight is 374 g/mol. The summed E-state index contributed by atoms with van der Waals surface area (Å²) in [6.07, 6.45) is -1.53. The molecule has 0 saturated heterocycles. The zero-order chi connectivity index (χ0) is 19.9. The Hall–Kier alpha value is -2.24. The van der Waals surface area contributed by atoms with Crippen molar-refractivity contribution in [3.8, 4) is 6.07 Å². The molecule has 0 heterocycles. The first kappa shape index (κ1) is 21.1. The number of amides is 1. The van der Waals surface area contributed by atoms with Gasteiger partial charge in [-0.2, -0.15) is 5.26 Å². The number of nitrogens with one attached hydrogen (secondary N) is 1. The van der Waals surface area contributed by atoms with E-state index in [1.165, 1.54) is 6.08 Å². The van der Waals surface area contributed by atoms with Crippen LogP contribution >= 0.6 is 0 Å². The van der Waals surface area contributed by atoms with E-state index in [1.807, 2.05) is 0 Å². The van der Waals surface area contributed by atoms with Crippen molar-refractivity contribution in [1.29, 1.82) is 5.26 Å². The summed E-state index contributed by atoms with van der Waals surface area (Å²) < 4.78 is 11.6. The van der Waals surface area contributed by atoms with E-state index in [4.69, 9.17) is 9.47 Å².